The molecule has 3 aromatic rings. The Morgan fingerprint density at radius 2 is 1.88 bits per heavy atom. The van der Waals surface area contributed by atoms with E-state index in [0.717, 1.165) is 54.5 Å². The maximum atomic E-state index is 13.5. The molecule has 2 unspecified atom stereocenters. The number of piperidine rings is 1. The van der Waals surface area contributed by atoms with Crippen LogP contribution in [-0.4, -0.2) is 51.0 Å². The molecule has 2 aliphatic heterocycles. The second kappa shape index (κ2) is 8.06. The molecule has 2 aromatic carbocycles. The van der Waals surface area contributed by atoms with Crippen molar-refractivity contribution in [2.24, 2.45) is 0 Å². The highest BCUT2D eigenvalue weighted by Crippen LogP contribution is 2.43. The number of fused-ring (bicyclic) bond motifs is 1. The number of nitrogens with one attached hydrogen (secondary N) is 1. The van der Waals surface area contributed by atoms with Gasteiger partial charge in [0, 0.05) is 47.5 Å². The van der Waals surface area contributed by atoms with Crippen molar-refractivity contribution in [3.63, 3.8) is 0 Å². The van der Waals surface area contributed by atoms with E-state index in [1.165, 1.54) is 17.0 Å². The standard InChI is InChI=1S/C24H26ClFN4O2/c1-2-30-23(31)27-22(24(30,32)28-12-4-3-5-13-28)20-15-29(18-9-7-17(26)8-10-18)21-11-6-16(25)14-19(20)21/h6-11,14-15,22,32H,2-5,12-13H2,1H3,(H,27,31). The van der Waals surface area contributed by atoms with Crippen molar-refractivity contribution < 1.29 is 14.3 Å². The van der Waals surface area contributed by atoms with Crippen molar-refractivity contribution in [2.75, 3.05) is 19.6 Å². The minimum Gasteiger partial charge on any atom is -0.356 e. The zero-order valence-electron chi connectivity index (χ0n) is 17.9. The van der Waals surface area contributed by atoms with Crippen LogP contribution in [0.4, 0.5) is 9.18 Å². The van der Waals surface area contributed by atoms with Crippen molar-refractivity contribution >= 4 is 28.5 Å². The minimum atomic E-state index is -1.49. The number of likely N-dealkylation sites (tertiary alicyclic amines) is 1. The van der Waals surface area contributed by atoms with Crippen LogP contribution in [0.3, 0.4) is 0 Å². The Morgan fingerprint density at radius 3 is 2.56 bits per heavy atom. The molecule has 0 saturated carbocycles. The first kappa shape index (κ1) is 21.2. The number of urea groups is 1. The number of carbonyl (C=O) groups is 1. The van der Waals surface area contributed by atoms with Crippen LogP contribution in [0.1, 0.15) is 37.8 Å². The Hall–Kier alpha value is -2.61. The Bertz CT molecular complexity index is 1160. The molecule has 3 heterocycles. The molecular formula is C24H26ClFN4O2. The summed E-state index contributed by atoms with van der Waals surface area (Å²) < 4.78 is 15.5. The Kier molecular flexibility index (Phi) is 5.35. The summed E-state index contributed by atoms with van der Waals surface area (Å²) in [5, 5.41) is 16.5. The van der Waals surface area contributed by atoms with Gasteiger partial charge in [-0.15, -0.1) is 0 Å². The second-order valence-corrected chi connectivity index (χ2v) is 8.89. The maximum absolute atomic E-state index is 13.5. The molecule has 168 valence electrons. The van der Waals surface area contributed by atoms with Gasteiger partial charge >= 0.3 is 6.03 Å². The van der Waals surface area contributed by atoms with Gasteiger partial charge in [-0.1, -0.05) is 18.0 Å². The molecular weight excluding hydrogens is 431 g/mol. The molecule has 2 fully saturated rings. The monoisotopic (exact) mass is 456 g/mol. The predicted molar refractivity (Wildman–Crippen MR) is 122 cm³/mol. The van der Waals surface area contributed by atoms with E-state index in [-0.39, 0.29) is 11.8 Å². The van der Waals surface area contributed by atoms with E-state index in [1.54, 1.807) is 18.2 Å². The van der Waals surface area contributed by atoms with E-state index in [1.807, 2.05) is 34.7 Å². The average molecular weight is 457 g/mol. The number of carbonyl (C=O) groups excluding carboxylic acids is 1. The molecule has 2 amide bonds. The summed E-state index contributed by atoms with van der Waals surface area (Å²) >= 11 is 6.35. The summed E-state index contributed by atoms with van der Waals surface area (Å²) in [5.41, 5.74) is 2.41. The van der Waals surface area contributed by atoms with E-state index in [9.17, 15) is 14.3 Å². The summed E-state index contributed by atoms with van der Waals surface area (Å²) in [6, 6.07) is 10.8. The van der Waals surface area contributed by atoms with Gasteiger partial charge in [-0.2, -0.15) is 0 Å². The van der Waals surface area contributed by atoms with Crippen LogP contribution in [0.15, 0.2) is 48.7 Å². The minimum absolute atomic E-state index is 0.296. The number of nitrogens with zero attached hydrogens (tertiary/aromatic N) is 3. The number of rotatable bonds is 4. The maximum Gasteiger partial charge on any atom is 0.321 e. The van der Waals surface area contributed by atoms with Gasteiger partial charge in [0.05, 0.1) is 5.52 Å². The van der Waals surface area contributed by atoms with Gasteiger partial charge in [0.2, 0.25) is 5.85 Å². The van der Waals surface area contributed by atoms with Crippen LogP contribution >= 0.6 is 11.6 Å². The third-order valence-electron chi connectivity index (χ3n) is 6.65. The van der Waals surface area contributed by atoms with E-state index in [2.05, 4.69) is 5.32 Å². The van der Waals surface area contributed by atoms with Crippen LogP contribution in [-0.2, 0) is 0 Å². The Morgan fingerprint density at radius 1 is 1.16 bits per heavy atom. The van der Waals surface area contributed by atoms with Gasteiger partial charge in [-0.3, -0.25) is 9.80 Å². The Balaban J connectivity index is 1.69. The molecule has 0 bridgehead atoms. The zero-order valence-corrected chi connectivity index (χ0v) is 18.6. The number of halogens is 2. The predicted octanol–water partition coefficient (Wildman–Crippen LogP) is 4.64. The van der Waals surface area contributed by atoms with Crippen molar-refractivity contribution in [1.82, 2.24) is 19.7 Å². The fourth-order valence-corrected chi connectivity index (χ4v) is 5.29. The summed E-state index contributed by atoms with van der Waals surface area (Å²) in [6.45, 7) is 3.69. The fraction of sp³-hybridized carbons (Fsp3) is 0.375. The largest absolute Gasteiger partial charge is 0.356 e. The molecule has 0 spiro atoms. The summed E-state index contributed by atoms with van der Waals surface area (Å²) in [4.78, 5) is 16.4. The molecule has 2 saturated heterocycles. The van der Waals surface area contributed by atoms with Crippen LogP contribution in [0.5, 0.6) is 0 Å². The van der Waals surface area contributed by atoms with E-state index < -0.39 is 11.9 Å². The number of aromatic nitrogens is 1. The molecule has 0 aliphatic carbocycles. The molecule has 32 heavy (non-hydrogen) atoms. The van der Waals surface area contributed by atoms with Crippen molar-refractivity contribution in [3.8, 4) is 5.69 Å². The SMILES string of the molecule is CCN1C(=O)NC(c2cn(-c3ccc(F)cc3)c3ccc(Cl)cc23)C1(O)N1CCCCC1. The van der Waals surface area contributed by atoms with Gasteiger partial charge in [0.1, 0.15) is 11.9 Å². The fourth-order valence-electron chi connectivity index (χ4n) is 5.12. The normalized spacial score (nSPS) is 24.3. The van der Waals surface area contributed by atoms with Crippen LogP contribution in [0, 0.1) is 5.82 Å². The van der Waals surface area contributed by atoms with Crippen LogP contribution in [0.2, 0.25) is 5.02 Å². The highest BCUT2D eigenvalue weighted by atomic mass is 35.5. The van der Waals surface area contributed by atoms with Crippen LogP contribution < -0.4 is 5.32 Å². The molecule has 2 N–H and O–H groups in total. The number of hydrogen-bond donors (Lipinski definition) is 2. The number of likely N-dealkylation sites (N-methyl/N-ethyl adjacent to an activating group) is 1. The van der Waals surface area contributed by atoms with E-state index in [4.69, 9.17) is 11.6 Å². The van der Waals surface area contributed by atoms with Crippen LogP contribution in [0.25, 0.3) is 16.6 Å². The van der Waals surface area contributed by atoms with Gasteiger partial charge in [-0.25, -0.2) is 9.18 Å². The van der Waals surface area contributed by atoms with Gasteiger partial charge in [-0.05, 0) is 62.2 Å². The lowest BCUT2D eigenvalue weighted by Crippen LogP contribution is -2.62. The summed E-state index contributed by atoms with van der Waals surface area (Å²) in [5.74, 6) is -1.80. The quantitative estimate of drug-likeness (QED) is 0.601. The topological polar surface area (TPSA) is 60.7 Å². The number of benzene rings is 2. The van der Waals surface area contributed by atoms with Gasteiger partial charge in [0.25, 0.3) is 0 Å². The third kappa shape index (κ3) is 3.27. The summed E-state index contributed by atoms with van der Waals surface area (Å²) in [7, 11) is 0. The van der Waals surface area contributed by atoms with Gasteiger partial charge in [0.15, 0.2) is 0 Å². The zero-order chi connectivity index (χ0) is 22.5. The summed E-state index contributed by atoms with van der Waals surface area (Å²) in [6.07, 6.45) is 4.98. The molecule has 2 aliphatic rings. The van der Waals surface area contributed by atoms with Crippen molar-refractivity contribution in [1.29, 1.82) is 0 Å². The Labute approximate surface area is 191 Å². The lowest BCUT2D eigenvalue weighted by Gasteiger charge is -2.45. The average Bonchev–Trinajstić information content (AvgIpc) is 3.29. The number of hydrogen-bond acceptors (Lipinski definition) is 3. The molecule has 5 rings (SSSR count). The first-order chi connectivity index (χ1) is 15.4. The molecule has 8 heteroatoms. The molecule has 0 radical (unpaired) electrons. The smallest absolute Gasteiger partial charge is 0.321 e. The lowest BCUT2D eigenvalue weighted by atomic mass is 9.98. The second-order valence-electron chi connectivity index (χ2n) is 8.45. The first-order valence-electron chi connectivity index (χ1n) is 11.1. The third-order valence-corrected chi connectivity index (χ3v) is 6.88. The first-order valence-corrected chi connectivity index (χ1v) is 11.4. The van der Waals surface area contributed by atoms with E-state index in [0.29, 0.717) is 11.6 Å². The van der Waals surface area contributed by atoms with Crippen molar-refractivity contribution in [3.05, 3.63) is 65.1 Å². The lowest BCUT2D eigenvalue weighted by molar-refractivity contribution is -0.200. The number of aliphatic hydroxyl groups is 1. The highest BCUT2D eigenvalue weighted by Gasteiger charge is 2.56. The van der Waals surface area contributed by atoms with Crippen molar-refractivity contribution in [2.45, 2.75) is 38.1 Å². The molecule has 2 atom stereocenters. The number of amides is 2. The van der Waals surface area contributed by atoms with Gasteiger partial charge < -0.3 is 15.0 Å². The van der Waals surface area contributed by atoms with E-state index >= 15 is 0 Å². The molecule has 6 nitrogen and oxygen atoms in total. The highest BCUT2D eigenvalue weighted by molar-refractivity contribution is 6.31. The molecule has 1 aromatic heterocycles.